The van der Waals surface area contributed by atoms with Gasteiger partial charge in [-0.25, -0.2) is 9.59 Å². The summed E-state index contributed by atoms with van der Waals surface area (Å²) in [6.45, 7) is 0.388. The number of carboxylic acids is 1. The molecule has 1 aromatic heterocycles. The van der Waals surface area contributed by atoms with Crippen LogP contribution in [0.25, 0.3) is 0 Å². The van der Waals surface area contributed by atoms with E-state index in [1.807, 2.05) is 0 Å². The fraction of sp³-hybridized carbons (Fsp3) is 0.583. The smallest absolute Gasteiger partial charge is 0.326 e. The van der Waals surface area contributed by atoms with Crippen LogP contribution in [0.4, 0.5) is 4.79 Å². The van der Waals surface area contributed by atoms with E-state index < -0.39 is 24.1 Å². The van der Waals surface area contributed by atoms with E-state index in [1.54, 1.807) is 31.2 Å². The van der Waals surface area contributed by atoms with Gasteiger partial charge in [-0.2, -0.15) is 5.10 Å². The number of rotatable bonds is 3. The second-order valence-corrected chi connectivity index (χ2v) is 5.06. The van der Waals surface area contributed by atoms with Gasteiger partial charge in [-0.05, 0) is 0 Å². The molecule has 2 N–H and O–H groups in total. The van der Waals surface area contributed by atoms with Gasteiger partial charge in [-0.3, -0.25) is 4.68 Å². The Labute approximate surface area is 116 Å². The van der Waals surface area contributed by atoms with Gasteiger partial charge in [0.1, 0.15) is 6.04 Å². The van der Waals surface area contributed by atoms with Crippen molar-refractivity contribution in [3.63, 3.8) is 0 Å². The van der Waals surface area contributed by atoms with Gasteiger partial charge >= 0.3 is 12.0 Å². The van der Waals surface area contributed by atoms with Crippen molar-refractivity contribution in [2.24, 2.45) is 7.05 Å². The average molecular weight is 282 g/mol. The van der Waals surface area contributed by atoms with Crippen molar-refractivity contribution >= 4 is 12.0 Å². The highest BCUT2D eigenvalue weighted by Crippen LogP contribution is 2.20. The molecule has 0 aliphatic carbocycles. The average Bonchev–Trinajstić information content (AvgIpc) is 2.94. The fourth-order valence-electron chi connectivity index (χ4n) is 2.37. The molecule has 20 heavy (non-hydrogen) atoms. The molecule has 1 saturated heterocycles. The quantitative estimate of drug-likeness (QED) is 0.778. The molecule has 1 aliphatic rings. The summed E-state index contributed by atoms with van der Waals surface area (Å²) in [5.41, 5.74) is 0.856. The molecule has 0 bridgehead atoms. The molecule has 110 valence electrons. The number of aromatic nitrogens is 2. The van der Waals surface area contributed by atoms with Gasteiger partial charge < -0.3 is 20.0 Å². The number of aliphatic hydroxyl groups is 1. The lowest BCUT2D eigenvalue weighted by Gasteiger charge is -2.27. The van der Waals surface area contributed by atoms with Crippen LogP contribution in [0.3, 0.4) is 0 Å². The number of carbonyl (C=O) groups is 2. The molecule has 1 fully saturated rings. The minimum atomic E-state index is -1.09. The van der Waals surface area contributed by atoms with Crippen molar-refractivity contribution in [2.45, 2.75) is 25.1 Å². The Morgan fingerprint density at radius 3 is 2.80 bits per heavy atom. The lowest BCUT2D eigenvalue weighted by atomic mass is 10.2. The molecule has 0 saturated carbocycles. The van der Waals surface area contributed by atoms with E-state index in [0.717, 1.165) is 5.56 Å². The van der Waals surface area contributed by atoms with Gasteiger partial charge in [0.25, 0.3) is 0 Å². The zero-order valence-corrected chi connectivity index (χ0v) is 11.4. The number of aliphatic hydroxyl groups excluding tert-OH is 1. The first-order valence-electron chi connectivity index (χ1n) is 6.28. The third-order valence-corrected chi connectivity index (χ3v) is 3.31. The van der Waals surface area contributed by atoms with E-state index in [2.05, 4.69) is 5.10 Å². The van der Waals surface area contributed by atoms with Crippen LogP contribution in [0, 0.1) is 0 Å². The third kappa shape index (κ3) is 2.90. The van der Waals surface area contributed by atoms with Gasteiger partial charge in [0, 0.05) is 38.8 Å². The largest absolute Gasteiger partial charge is 0.480 e. The fourth-order valence-corrected chi connectivity index (χ4v) is 2.37. The predicted molar refractivity (Wildman–Crippen MR) is 68.8 cm³/mol. The maximum absolute atomic E-state index is 12.3. The molecule has 2 heterocycles. The molecule has 2 atom stereocenters. The molecule has 8 heteroatoms. The first kappa shape index (κ1) is 14.3. The highest BCUT2D eigenvalue weighted by molar-refractivity contribution is 5.83. The monoisotopic (exact) mass is 282 g/mol. The number of hydrogen-bond acceptors (Lipinski definition) is 4. The summed E-state index contributed by atoms with van der Waals surface area (Å²) in [5, 5.41) is 22.7. The standard InChI is InChI=1S/C12H18N4O4/c1-14(5-8-4-13-15(2)6-8)12(20)16-7-9(17)3-10(16)11(18)19/h4,6,9-10,17H,3,5,7H2,1-2H3,(H,18,19). The minimum Gasteiger partial charge on any atom is -0.480 e. The molecule has 2 unspecified atom stereocenters. The van der Waals surface area contributed by atoms with Crippen LogP contribution in [0.15, 0.2) is 12.4 Å². The zero-order valence-electron chi connectivity index (χ0n) is 11.4. The molecule has 2 rings (SSSR count). The summed E-state index contributed by atoms with van der Waals surface area (Å²) < 4.78 is 1.63. The summed E-state index contributed by atoms with van der Waals surface area (Å²) in [6, 6.07) is -1.37. The normalized spacial score (nSPS) is 22.1. The second kappa shape index (κ2) is 5.49. The molecular weight excluding hydrogens is 264 g/mol. The maximum atomic E-state index is 12.3. The molecule has 0 spiro atoms. The Hall–Kier alpha value is -2.09. The number of nitrogens with zero attached hydrogens (tertiary/aromatic N) is 4. The SMILES string of the molecule is CN(Cc1cnn(C)c1)C(=O)N1CC(O)CC1C(=O)O. The van der Waals surface area contributed by atoms with E-state index >= 15 is 0 Å². The number of hydrogen-bond donors (Lipinski definition) is 2. The highest BCUT2D eigenvalue weighted by atomic mass is 16.4. The Morgan fingerprint density at radius 2 is 2.25 bits per heavy atom. The van der Waals surface area contributed by atoms with Crippen LogP contribution in [0.5, 0.6) is 0 Å². The maximum Gasteiger partial charge on any atom is 0.326 e. The lowest BCUT2D eigenvalue weighted by molar-refractivity contribution is -0.141. The number of aryl methyl sites for hydroxylation is 1. The molecule has 0 radical (unpaired) electrons. The highest BCUT2D eigenvalue weighted by Gasteiger charge is 2.40. The van der Waals surface area contributed by atoms with Crippen LogP contribution < -0.4 is 0 Å². The number of urea groups is 1. The van der Waals surface area contributed by atoms with Crippen molar-refractivity contribution in [3.8, 4) is 0 Å². The van der Waals surface area contributed by atoms with Gasteiger partial charge in [0.15, 0.2) is 0 Å². The van der Waals surface area contributed by atoms with Gasteiger partial charge in [0.2, 0.25) is 0 Å². The number of carbonyl (C=O) groups excluding carboxylic acids is 1. The Balaban J connectivity index is 2.04. The van der Waals surface area contributed by atoms with Crippen LogP contribution >= 0.6 is 0 Å². The van der Waals surface area contributed by atoms with E-state index in [0.29, 0.717) is 6.54 Å². The summed E-state index contributed by atoms with van der Waals surface area (Å²) >= 11 is 0. The van der Waals surface area contributed by atoms with E-state index in [4.69, 9.17) is 5.11 Å². The van der Waals surface area contributed by atoms with Crippen LogP contribution in [0.1, 0.15) is 12.0 Å². The van der Waals surface area contributed by atoms with Crippen LogP contribution in [-0.2, 0) is 18.4 Å². The van der Waals surface area contributed by atoms with E-state index in [9.17, 15) is 14.7 Å². The first-order chi connectivity index (χ1) is 9.38. The van der Waals surface area contributed by atoms with Crippen LogP contribution in [0.2, 0.25) is 0 Å². The van der Waals surface area contributed by atoms with E-state index in [-0.39, 0.29) is 13.0 Å². The van der Waals surface area contributed by atoms with Crippen molar-refractivity contribution in [3.05, 3.63) is 18.0 Å². The Kier molecular flexibility index (Phi) is 3.93. The summed E-state index contributed by atoms with van der Waals surface area (Å²) in [4.78, 5) is 26.0. The Morgan fingerprint density at radius 1 is 1.55 bits per heavy atom. The van der Waals surface area contributed by atoms with Crippen molar-refractivity contribution in [1.29, 1.82) is 0 Å². The molecule has 1 aliphatic heterocycles. The van der Waals surface area contributed by atoms with Gasteiger partial charge in [-0.1, -0.05) is 0 Å². The predicted octanol–water partition coefficient (Wildman–Crippen LogP) is -0.508. The molecule has 8 nitrogen and oxygen atoms in total. The van der Waals surface area contributed by atoms with Crippen molar-refractivity contribution < 1.29 is 19.8 Å². The van der Waals surface area contributed by atoms with Gasteiger partial charge in [0.05, 0.1) is 18.8 Å². The topological polar surface area (TPSA) is 98.9 Å². The third-order valence-electron chi connectivity index (χ3n) is 3.31. The number of aliphatic carboxylic acids is 1. The number of carboxylic acid groups (broad SMARTS) is 1. The van der Waals surface area contributed by atoms with E-state index in [1.165, 1.54) is 9.80 Å². The number of β-amino-alcohol motifs (C(OH)–C–C–N with tert-alkyl or cyclic N) is 1. The van der Waals surface area contributed by atoms with Crippen molar-refractivity contribution in [2.75, 3.05) is 13.6 Å². The van der Waals surface area contributed by atoms with Gasteiger partial charge in [-0.15, -0.1) is 0 Å². The van der Waals surface area contributed by atoms with Crippen LogP contribution in [-0.4, -0.2) is 67.5 Å². The zero-order chi connectivity index (χ0) is 14.9. The second-order valence-electron chi connectivity index (χ2n) is 5.06. The number of likely N-dealkylation sites (tertiary alicyclic amines) is 1. The summed E-state index contributed by atoms with van der Waals surface area (Å²) in [7, 11) is 3.38. The summed E-state index contributed by atoms with van der Waals surface area (Å²) in [6.07, 6.45) is 2.72. The minimum absolute atomic E-state index is 0.0488. The first-order valence-corrected chi connectivity index (χ1v) is 6.28. The molecular formula is C12H18N4O4. The lowest BCUT2D eigenvalue weighted by Crippen LogP contribution is -2.46. The molecule has 2 amide bonds. The molecule has 1 aromatic rings. The number of amides is 2. The molecule has 0 aromatic carbocycles. The Bertz CT molecular complexity index is 515. The van der Waals surface area contributed by atoms with Crippen molar-refractivity contribution in [1.82, 2.24) is 19.6 Å². The summed E-state index contributed by atoms with van der Waals surface area (Å²) in [5.74, 6) is -1.09.